The molecule has 0 radical (unpaired) electrons. The van der Waals surface area contributed by atoms with Gasteiger partial charge in [0, 0.05) is 63.9 Å². The fraction of sp³-hybridized carbons (Fsp3) is 0.571. The molecule has 1 aromatic rings. The molecule has 3 amide bonds. The molecule has 1 atom stereocenters. The van der Waals surface area contributed by atoms with Crippen molar-refractivity contribution in [3.63, 3.8) is 0 Å². The molecule has 2 aliphatic rings. The summed E-state index contributed by atoms with van der Waals surface area (Å²) in [4.78, 5) is 43.1. The number of methoxy groups -OCH3 is 1. The van der Waals surface area contributed by atoms with E-state index in [1.807, 2.05) is 29.2 Å². The standard InChI is InChI=1S/C21H29BrN4O4/c1-30-12-4-7-23-19(27)15-24-8-10-25(11-9-24)21(29)16-13-20(28)26(14-16)18-6-3-2-5-17(18)22/h2-3,5-6,16H,4,7-15H2,1H3,(H,23,27). The molecule has 0 aliphatic carbocycles. The van der Waals surface area contributed by atoms with E-state index in [4.69, 9.17) is 4.74 Å². The number of amides is 3. The largest absolute Gasteiger partial charge is 0.385 e. The van der Waals surface area contributed by atoms with E-state index in [1.54, 1.807) is 12.0 Å². The predicted octanol–water partition coefficient (Wildman–Crippen LogP) is 1.10. The molecule has 2 saturated heterocycles. The van der Waals surface area contributed by atoms with Gasteiger partial charge in [-0.25, -0.2) is 0 Å². The highest BCUT2D eigenvalue weighted by molar-refractivity contribution is 9.10. The topological polar surface area (TPSA) is 82.2 Å². The van der Waals surface area contributed by atoms with E-state index in [2.05, 4.69) is 26.1 Å². The lowest BCUT2D eigenvalue weighted by molar-refractivity contribution is -0.137. The molecule has 2 aliphatic heterocycles. The summed E-state index contributed by atoms with van der Waals surface area (Å²) in [5.74, 6) is -0.317. The van der Waals surface area contributed by atoms with Crippen LogP contribution in [0.3, 0.4) is 0 Å². The number of nitrogens with one attached hydrogen (secondary N) is 1. The second-order valence-corrected chi connectivity index (χ2v) is 8.51. The van der Waals surface area contributed by atoms with Crippen LogP contribution < -0.4 is 10.2 Å². The summed E-state index contributed by atoms with van der Waals surface area (Å²) in [6, 6.07) is 7.56. The Hall–Kier alpha value is -1.97. The Bertz CT molecular complexity index is 767. The molecular weight excluding hydrogens is 452 g/mol. The minimum Gasteiger partial charge on any atom is -0.385 e. The zero-order chi connectivity index (χ0) is 21.5. The maximum absolute atomic E-state index is 13.0. The highest BCUT2D eigenvalue weighted by atomic mass is 79.9. The molecule has 2 heterocycles. The van der Waals surface area contributed by atoms with Gasteiger partial charge in [-0.15, -0.1) is 0 Å². The first-order valence-electron chi connectivity index (χ1n) is 10.3. The van der Waals surface area contributed by atoms with Gasteiger partial charge >= 0.3 is 0 Å². The van der Waals surface area contributed by atoms with Crippen LogP contribution in [-0.2, 0) is 19.1 Å². The van der Waals surface area contributed by atoms with Crippen molar-refractivity contribution in [2.45, 2.75) is 12.8 Å². The van der Waals surface area contributed by atoms with Crippen molar-refractivity contribution < 1.29 is 19.1 Å². The van der Waals surface area contributed by atoms with Crippen LogP contribution in [-0.4, -0.2) is 87.1 Å². The number of hydrogen-bond acceptors (Lipinski definition) is 5. The number of nitrogens with zero attached hydrogens (tertiary/aromatic N) is 3. The minimum absolute atomic E-state index is 0.00338. The van der Waals surface area contributed by atoms with Crippen molar-refractivity contribution >= 4 is 39.3 Å². The van der Waals surface area contributed by atoms with Gasteiger partial charge in [-0.3, -0.25) is 19.3 Å². The highest BCUT2D eigenvalue weighted by Gasteiger charge is 2.38. The number of halogens is 1. The van der Waals surface area contributed by atoms with Crippen LogP contribution in [0.25, 0.3) is 0 Å². The van der Waals surface area contributed by atoms with Crippen molar-refractivity contribution in [2.75, 3.05) is 64.4 Å². The van der Waals surface area contributed by atoms with Gasteiger partial charge in [-0.2, -0.15) is 0 Å². The monoisotopic (exact) mass is 480 g/mol. The van der Waals surface area contributed by atoms with Crippen molar-refractivity contribution in [2.24, 2.45) is 5.92 Å². The van der Waals surface area contributed by atoms with E-state index < -0.39 is 0 Å². The van der Waals surface area contributed by atoms with Gasteiger partial charge in [0.25, 0.3) is 0 Å². The third kappa shape index (κ3) is 5.80. The normalized spacial score (nSPS) is 19.9. The van der Waals surface area contributed by atoms with E-state index in [1.165, 1.54) is 0 Å². The Kier molecular flexibility index (Phi) is 8.24. The highest BCUT2D eigenvalue weighted by Crippen LogP contribution is 2.32. The Labute approximate surface area is 185 Å². The van der Waals surface area contributed by atoms with Crippen LogP contribution in [0.15, 0.2) is 28.7 Å². The van der Waals surface area contributed by atoms with Crippen LogP contribution in [0.1, 0.15) is 12.8 Å². The van der Waals surface area contributed by atoms with E-state index in [9.17, 15) is 14.4 Å². The molecular formula is C21H29BrN4O4. The summed E-state index contributed by atoms with van der Waals surface area (Å²) < 4.78 is 5.82. The van der Waals surface area contributed by atoms with Gasteiger partial charge in [0.1, 0.15) is 0 Å². The number of carbonyl (C=O) groups excluding carboxylic acids is 3. The fourth-order valence-electron chi connectivity index (χ4n) is 3.86. The zero-order valence-corrected chi connectivity index (χ0v) is 18.9. The summed E-state index contributed by atoms with van der Waals surface area (Å²) in [6.07, 6.45) is 1.03. The third-order valence-corrected chi connectivity index (χ3v) is 6.19. The molecule has 0 aromatic heterocycles. The molecule has 0 spiro atoms. The Morgan fingerprint density at radius 3 is 2.63 bits per heavy atom. The first-order valence-corrected chi connectivity index (χ1v) is 11.1. The average molecular weight is 481 g/mol. The van der Waals surface area contributed by atoms with Crippen molar-refractivity contribution in [1.29, 1.82) is 0 Å². The molecule has 9 heteroatoms. The number of anilines is 1. The summed E-state index contributed by atoms with van der Waals surface area (Å²) in [7, 11) is 1.64. The quantitative estimate of drug-likeness (QED) is 0.563. The van der Waals surface area contributed by atoms with Crippen molar-refractivity contribution in [3.05, 3.63) is 28.7 Å². The third-order valence-electron chi connectivity index (χ3n) is 5.52. The Balaban J connectivity index is 1.45. The Morgan fingerprint density at radius 2 is 1.93 bits per heavy atom. The average Bonchev–Trinajstić information content (AvgIpc) is 3.13. The van der Waals surface area contributed by atoms with Gasteiger partial charge in [-0.1, -0.05) is 12.1 Å². The molecule has 1 aromatic carbocycles. The Morgan fingerprint density at radius 1 is 1.20 bits per heavy atom. The number of piperazine rings is 1. The van der Waals surface area contributed by atoms with Crippen molar-refractivity contribution in [3.8, 4) is 0 Å². The molecule has 8 nitrogen and oxygen atoms in total. The van der Waals surface area contributed by atoms with Gasteiger partial charge in [0.15, 0.2) is 0 Å². The number of ether oxygens (including phenoxy) is 1. The molecule has 2 fully saturated rings. The fourth-order valence-corrected chi connectivity index (χ4v) is 4.36. The number of rotatable bonds is 8. The van der Waals surface area contributed by atoms with Gasteiger partial charge < -0.3 is 19.9 Å². The van der Waals surface area contributed by atoms with Crippen LogP contribution in [0.4, 0.5) is 5.69 Å². The number of carbonyl (C=O) groups is 3. The van der Waals surface area contributed by atoms with Crippen LogP contribution >= 0.6 is 15.9 Å². The number of hydrogen-bond donors (Lipinski definition) is 1. The second kappa shape index (κ2) is 10.9. The van der Waals surface area contributed by atoms with Gasteiger partial charge in [-0.05, 0) is 34.5 Å². The van der Waals surface area contributed by atoms with E-state index in [-0.39, 0.29) is 30.1 Å². The molecule has 0 bridgehead atoms. The van der Waals surface area contributed by atoms with Crippen molar-refractivity contribution in [1.82, 2.24) is 15.1 Å². The molecule has 1 N–H and O–H groups in total. The SMILES string of the molecule is COCCCNC(=O)CN1CCN(C(=O)C2CC(=O)N(c3ccccc3Br)C2)CC1. The number of para-hydroxylation sites is 1. The molecule has 0 saturated carbocycles. The van der Waals surface area contributed by atoms with Crippen LogP contribution in [0.2, 0.25) is 0 Å². The number of benzene rings is 1. The maximum atomic E-state index is 13.0. The van der Waals surface area contributed by atoms with E-state index in [0.717, 1.165) is 16.6 Å². The maximum Gasteiger partial charge on any atom is 0.234 e. The second-order valence-electron chi connectivity index (χ2n) is 7.65. The molecule has 3 rings (SSSR count). The summed E-state index contributed by atoms with van der Waals surface area (Å²) in [5, 5.41) is 2.89. The summed E-state index contributed by atoms with van der Waals surface area (Å²) in [6.45, 7) is 4.46. The lowest BCUT2D eigenvalue weighted by atomic mass is 10.1. The molecule has 30 heavy (non-hydrogen) atoms. The van der Waals surface area contributed by atoms with E-state index in [0.29, 0.717) is 52.4 Å². The lowest BCUT2D eigenvalue weighted by Gasteiger charge is -2.35. The first-order chi connectivity index (χ1) is 14.5. The molecule has 164 valence electrons. The molecule has 1 unspecified atom stereocenters. The minimum atomic E-state index is -0.319. The summed E-state index contributed by atoms with van der Waals surface area (Å²) >= 11 is 3.48. The summed E-state index contributed by atoms with van der Waals surface area (Å²) in [5.41, 5.74) is 0.805. The van der Waals surface area contributed by atoms with E-state index >= 15 is 0 Å². The van der Waals surface area contributed by atoms with Gasteiger partial charge in [0.05, 0.1) is 18.2 Å². The van der Waals surface area contributed by atoms with Crippen LogP contribution in [0, 0.1) is 5.92 Å². The van der Waals surface area contributed by atoms with Gasteiger partial charge in [0.2, 0.25) is 17.7 Å². The predicted molar refractivity (Wildman–Crippen MR) is 117 cm³/mol. The lowest BCUT2D eigenvalue weighted by Crippen LogP contribution is -2.52. The zero-order valence-electron chi connectivity index (χ0n) is 17.3. The first kappa shape index (κ1) is 22.7. The van der Waals surface area contributed by atoms with Crippen LogP contribution in [0.5, 0.6) is 0 Å². The smallest absolute Gasteiger partial charge is 0.234 e.